The van der Waals surface area contributed by atoms with Crippen molar-refractivity contribution in [1.82, 2.24) is 5.32 Å². The van der Waals surface area contributed by atoms with Crippen molar-refractivity contribution in [3.8, 4) is 0 Å². The van der Waals surface area contributed by atoms with Gasteiger partial charge in [-0.25, -0.2) is 4.79 Å². The van der Waals surface area contributed by atoms with Crippen LogP contribution in [0.1, 0.15) is 45.4 Å². The van der Waals surface area contributed by atoms with Gasteiger partial charge in [0.05, 0.1) is 0 Å². The number of nitrogens with one attached hydrogen (secondary N) is 1. The molecule has 2 saturated carbocycles. The van der Waals surface area contributed by atoms with Crippen LogP contribution < -0.4 is 5.32 Å². The van der Waals surface area contributed by atoms with Crippen molar-refractivity contribution in [2.75, 3.05) is 0 Å². The van der Waals surface area contributed by atoms with Crippen LogP contribution in [0.15, 0.2) is 0 Å². The maximum Gasteiger partial charge on any atom is 0.329 e. The number of carbonyl (C=O) groups is 2. The molecular weight excluding hydrogens is 206 g/mol. The fourth-order valence-corrected chi connectivity index (χ4v) is 2.38. The van der Waals surface area contributed by atoms with Gasteiger partial charge in [0.2, 0.25) is 5.91 Å². The number of aliphatic carboxylic acids is 1. The van der Waals surface area contributed by atoms with Crippen molar-refractivity contribution >= 4 is 11.9 Å². The Kier molecular flexibility index (Phi) is 2.91. The van der Waals surface area contributed by atoms with E-state index in [1.54, 1.807) is 0 Å². The zero-order valence-corrected chi connectivity index (χ0v) is 9.66. The molecule has 0 radical (unpaired) electrons. The maximum atomic E-state index is 11.9. The molecule has 0 aromatic rings. The van der Waals surface area contributed by atoms with Gasteiger partial charge in [-0.2, -0.15) is 0 Å². The molecule has 0 bridgehead atoms. The molecule has 90 valence electrons. The number of hydrogen-bond acceptors (Lipinski definition) is 2. The first-order valence-corrected chi connectivity index (χ1v) is 6.09. The average Bonchev–Trinajstić information content (AvgIpc) is 3.00. The zero-order valence-electron chi connectivity index (χ0n) is 9.66. The van der Waals surface area contributed by atoms with Crippen molar-refractivity contribution in [3.63, 3.8) is 0 Å². The minimum atomic E-state index is -0.917. The summed E-state index contributed by atoms with van der Waals surface area (Å²) in [6, 6.07) is 0. The summed E-state index contributed by atoms with van der Waals surface area (Å²) in [7, 11) is 0. The topological polar surface area (TPSA) is 66.4 Å². The van der Waals surface area contributed by atoms with E-state index in [1.807, 2.05) is 0 Å². The van der Waals surface area contributed by atoms with Crippen LogP contribution in [-0.2, 0) is 9.59 Å². The van der Waals surface area contributed by atoms with Gasteiger partial charge >= 0.3 is 5.97 Å². The van der Waals surface area contributed by atoms with Crippen LogP contribution in [0.3, 0.4) is 0 Å². The van der Waals surface area contributed by atoms with Gasteiger partial charge in [0.15, 0.2) is 0 Å². The van der Waals surface area contributed by atoms with Gasteiger partial charge in [0.1, 0.15) is 5.54 Å². The number of carboxylic acids is 1. The molecule has 2 fully saturated rings. The van der Waals surface area contributed by atoms with Gasteiger partial charge in [0.25, 0.3) is 0 Å². The van der Waals surface area contributed by atoms with Crippen LogP contribution >= 0.6 is 0 Å². The first-order valence-electron chi connectivity index (χ1n) is 6.09. The Balaban J connectivity index is 1.87. The normalized spacial score (nSPS) is 31.8. The molecule has 0 aromatic carbocycles. The molecule has 0 aliphatic heterocycles. The predicted molar refractivity (Wildman–Crippen MR) is 58.9 cm³/mol. The highest BCUT2D eigenvalue weighted by Crippen LogP contribution is 2.37. The molecule has 2 rings (SSSR count). The Morgan fingerprint density at radius 3 is 2.19 bits per heavy atom. The molecule has 4 nitrogen and oxygen atoms in total. The Morgan fingerprint density at radius 1 is 1.19 bits per heavy atom. The third-order valence-electron chi connectivity index (χ3n) is 3.91. The molecule has 0 spiro atoms. The summed E-state index contributed by atoms with van der Waals surface area (Å²) in [5, 5.41) is 11.7. The summed E-state index contributed by atoms with van der Waals surface area (Å²) in [4.78, 5) is 22.8. The highest BCUT2D eigenvalue weighted by Gasteiger charge is 2.52. The summed E-state index contributed by atoms with van der Waals surface area (Å²) >= 11 is 0. The van der Waals surface area contributed by atoms with Crippen LogP contribution in [0.5, 0.6) is 0 Å². The van der Waals surface area contributed by atoms with Crippen LogP contribution in [0.4, 0.5) is 0 Å². The SMILES string of the molecule is CC1CCC(C(=O)NC2(C(=O)O)CC2)CC1. The number of hydrogen-bond donors (Lipinski definition) is 2. The number of amides is 1. The average molecular weight is 225 g/mol. The van der Waals surface area contributed by atoms with E-state index in [2.05, 4.69) is 12.2 Å². The summed E-state index contributed by atoms with van der Waals surface area (Å²) in [5.41, 5.74) is -0.917. The molecule has 1 amide bonds. The van der Waals surface area contributed by atoms with E-state index in [-0.39, 0.29) is 11.8 Å². The lowest BCUT2D eigenvalue weighted by Crippen LogP contribution is -2.46. The van der Waals surface area contributed by atoms with Crippen molar-refractivity contribution in [3.05, 3.63) is 0 Å². The second kappa shape index (κ2) is 4.07. The Morgan fingerprint density at radius 2 is 1.75 bits per heavy atom. The van der Waals surface area contributed by atoms with Gasteiger partial charge in [0, 0.05) is 5.92 Å². The van der Waals surface area contributed by atoms with Gasteiger partial charge in [-0.05, 0) is 44.4 Å². The van der Waals surface area contributed by atoms with Crippen LogP contribution in [0.2, 0.25) is 0 Å². The van der Waals surface area contributed by atoms with E-state index in [0.29, 0.717) is 18.8 Å². The van der Waals surface area contributed by atoms with E-state index in [1.165, 1.54) is 0 Å². The summed E-state index contributed by atoms with van der Waals surface area (Å²) in [6.45, 7) is 2.20. The number of rotatable bonds is 3. The van der Waals surface area contributed by atoms with E-state index in [0.717, 1.165) is 25.7 Å². The third kappa shape index (κ3) is 2.20. The number of carboxylic acid groups (broad SMARTS) is 1. The van der Waals surface area contributed by atoms with Gasteiger partial charge in [-0.15, -0.1) is 0 Å². The molecule has 0 heterocycles. The van der Waals surface area contributed by atoms with Gasteiger partial charge in [-0.3, -0.25) is 4.79 Å². The predicted octanol–water partition coefficient (Wildman–Crippen LogP) is 1.55. The monoisotopic (exact) mass is 225 g/mol. The maximum absolute atomic E-state index is 11.9. The molecule has 2 aliphatic rings. The quantitative estimate of drug-likeness (QED) is 0.765. The molecule has 0 atom stereocenters. The smallest absolute Gasteiger partial charge is 0.329 e. The molecule has 0 saturated heterocycles. The Hall–Kier alpha value is -1.06. The largest absolute Gasteiger partial charge is 0.480 e. The molecule has 0 unspecified atom stereocenters. The highest BCUT2D eigenvalue weighted by molar-refractivity contribution is 5.90. The standard InChI is InChI=1S/C12H19NO3/c1-8-2-4-9(5-3-8)10(14)13-12(6-7-12)11(15)16/h8-9H,2-7H2,1H3,(H,13,14)(H,15,16). The van der Waals surface area contributed by atoms with E-state index in [4.69, 9.17) is 5.11 Å². The van der Waals surface area contributed by atoms with Crippen LogP contribution in [0, 0.1) is 11.8 Å². The molecular formula is C12H19NO3. The van der Waals surface area contributed by atoms with Gasteiger partial charge < -0.3 is 10.4 Å². The van der Waals surface area contributed by atoms with Crippen LogP contribution in [-0.4, -0.2) is 22.5 Å². The van der Waals surface area contributed by atoms with Crippen molar-refractivity contribution in [1.29, 1.82) is 0 Å². The zero-order chi connectivity index (χ0) is 11.8. The summed E-state index contributed by atoms with van der Waals surface area (Å²) < 4.78 is 0. The minimum absolute atomic E-state index is 0.0352. The van der Waals surface area contributed by atoms with Crippen molar-refractivity contribution in [2.24, 2.45) is 11.8 Å². The Bertz CT molecular complexity index is 301. The third-order valence-corrected chi connectivity index (χ3v) is 3.91. The fourth-order valence-electron chi connectivity index (χ4n) is 2.38. The van der Waals surface area contributed by atoms with Gasteiger partial charge in [-0.1, -0.05) is 6.92 Å². The molecule has 4 heteroatoms. The molecule has 0 aromatic heterocycles. The lowest BCUT2D eigenvalue weighted by molar-refractivity contribution is -0.144. The lowest BCUT2D eigenvalue weighted by Gasteiger charge is -2.26. The van der Waals surface area contributed by atoms with Crippen molar-refractivity contribution < 1.29 is 14.7 Å². The van der Waals surface area contributed by atoms with Crippen molar-refractivity contribution in [2.45, 2.75) is 51.0 Å². The fraction of sp³-hybridized carbons (Fsp3) is 0.833. The second-order valence-electron chi connectivity index (χ2n) is 5.33. The lowest BCUT2D eigenvalue weighted by atomic mass is 9.82. The molecule has 2 N–H and O–H groups in total. The van der Waals surface area contributed by atoms with E-state index < -0.39 is 11.5 Å². The second-order valence-corrected chi connectivity index (χ2v) is 5.33. The number of carbonyl (C=O) groups excluding carboxylic acids is 1. The molecule has 2 aliphatic carbocycles. The first-order chi connectivity index (χ1) is 7.53. The van der Waals surface area contributed by atoms with Crippen LogP contribution in [0.25, 0.3) is 0 Å². The first kappa shape index (κ1) is 11.4. The highest BCUT2D eigenvalue weighted by atomic mass is 16.4. The molecule has 16 heavy (non-hydrogen) atoms. The van der Waals surface area contributed by atoms with E-state index in [9.17, 15) is 9.59 Å². The Labute approximate surface area is 95.4 Å². The van der Waals surface area contributed by atoms with E-state index >= 15 is 0 Å². The summed E-state index contributed by atoms with van der Waals surface area (Å²) in [5.74, 6) is -0.191. The minimum Gasteiger partial charge on any atom is -0.480 e. The summed E-state index contributed by atoms with van der Waals surface area (Å²) in [6.07, 6.45) is 5.14.